The first kappa shape index (κ1) is 15.7. The van der Waals surface area contributed by atoms with Gasteiger partial charge in [0.05, 0.1) is 18.6 Å². The summed E-state index contributed by atoms with van der Waals surface area (Å²) in [7, 11) is 3.84. The molecule has 22 heavy (non-hydrogen) atoms. The summed E-state index contributed by atoms with van der Waals surface area (Å²) < 4.78 is 11.8. The molecule has 4 nitrogen and oxygen atoms in total. The summed E-state index contributed by atoms with van der Waals surface area (Å²) in [6, 6.07) is 4.16. The lowest BCUT2D eigenvalue weighted by molar-refractivity contribution is 0.0821. The molecule has 4 rings (SSSR count). The molecule has 0 saturated heterocycles. The Labute approximate surface area is 137 Å². The van der Waals surface area contributed by atoms with E-state index in [1.807, 2.05) is 12.1 Å². The lowest BCUT2D eigenvalue weighted by Gasteiger charge is -2.35. The zero-order chi connectivity index (χ0) is 14.6. The molecule has 1 N–H and O–H groups in total. The van der Waals surface area contributed by atoms with Crippen molar-refractivity contribution in [3.8, 4) is 11.5 Å². The van der Waals surface area contributed by atoms with Gasteiger partial charge in [-0.3, -0.25) is 0 Å². The van der Waals surface area contributed by atoms with Crippen molar-refractivity contribution in [2.24, 2.45) is 0 Å². The van der Waals surface area contributed by atoms with E-state index in [0.29, 0.717) is 6.42 Å². The van der Waals surface area contributed by atoms with Gasteiger partial charge in [-0.05, 0) is 31.6 Å². The van der Waals surface area contributed by atoms with E-state index in [1.165, 1.54) is 11.1 Å². The van der Waals surface area contributed by atoms with Crippen LogP contribution < -0.4 is 9.47 Å². The van der Waals surface area contributed by atoms with Crippen molar-refractivity contribution in [1.29, 1.82) is 0 Å². The zero-order valence-corrected chi connectivity index (χ0v) is 13.7. The molecule has 1 aromatic rings. The SMILES string of the molecule is COc1ccc2c3c1OC1CC(O)C=CC31CCN(C)C2.Cl. The molecule has 0 bridgehead atoms. The van der Waals surface area contributed by atoms with Gasteiger partial charge in [-0.25, -0.2) is 0 Å². The Kier molecular flexibility index (Phi) is 3.87. The third kappa shape index (κ3) is 2.05. The molecule has 3 atom stereocenters. The molecule has 1 spiro atoms. The second-order valence-corrected chi connectivity index (χ2v) is 6.43. The summed E-state index contributed by atoms with van der Waals surface area (Å²) in [5.74, 6) is 1.68. The van der Waals surface area contributed by atoms with E-state index in [9.17, 15) is 5.11 Å². The van der Waals surface area contributed by atoms with Crippen LogP contribution in [0.1, 0.15) is 24.0 Å². The molecule has 0 saturated carbocycles. The number of ether oxygens (including phenoxy) is 2. The van der Waals surface area contributed by atoms with Crippen LogP contribution in [0.5, 0.6) is 11.5 Å². The molecule has 2 aliphatic heterocycles. The fourth-order valence-electron chi connectivity index (χ4n) is 4.08. The fourth-order valence-corrected chi connectivity index (χ4v) is 4.08. The van der Waals surface area contributed by atoms with Gasteiger partial charge in [-0.1, -0.05) is 18.2 Å². The number of benzene rings is 1. The van der Waals surface area contributed by atoms with Crippen LogP contribution in [-0.2, 0) is 12.0 Å². The molecule has 0 amide bonds. The maximum atomic E-state index is 9.97. The van der Waals surface area contributed by atoms with Crippen LogP contribution in [0, 0.1) is 0 Å². The van der Waals surface area contributed by atoms with Crippen LogP contribution in [0.4, 0.5) is 0 Å². The molecule has 3 aliphatic rings. The van der Waals surface area contributed by atoms with Gasteiger partial charge in [0, 0.05) is 18.5 Å². The van der Waals surface area contributed by atoms with Crippen molar-refractivity contribution in [3.63, 3.8) is 0 Å². The normalized spacial score (nSPS) is 32.3. The maximum absolute atomic E-state index is 9.97. The van der Waals surface area contributed by atoms with Crippen molar-refractivity contribution >= 4 is 12.4 Å². The predicted molar refractivity (Wildman–Crippen MR) is 87.1 cm³/mol. The fraction of sp³-hybridized carbons (Fsp3) is 0.529. The minimum atomic E-state index is -0.412. The highest BCUT2D eigenvalue weighted by Crippen LogP contribution is 2.55. The van der Waals surface area contributed by atoms with Gasteiger partial charge in [0.25, 0.3) is 0 Å². The zero-order valence-electron chi connectivity index (χ0n) is 12.9. The Morgan fingerprint density at radius 1 is 1.41 bits per heavy atom. The predicted octanol–water partition coefficient (Wildman–Crippen LogP) is 2.27. The van der Waals surface area contributed by atoms with Gasteiger partial charge >= 0.3 is 0 Å². The number of aliphatic hydroxyl groups is 1. The molecule has 0 radical (unpaired) electrons. The molecular formula is C17H22ClNO3. The number of aliphatic hydroxyl groups excluding tert-OH is 1. The van der Waals surface area contributed by atoms with E-state index in [4.69, 9.17) is 9.47 Å². The molecule has 1 aliphatic carbocycles. The Hall–Kier alpha value is -1.23. The Morgan fingerprint density at radius 2 is 2.23 bits per heavy atom. The largest absolute Gasteiger partial charge is 0.493 e. The number of hydrogen-bond acceptors (Lipinski definition) is 4. The smallest absolute Gasteiger partial charge is 0.166 e. The van der Waals surface area contributed by atoms with Crippen LogP contribution >= 0.6 is 12.4 Å². The van der Waals surface area contributed by atoms with Gasteiger partial charge in [0.15, 0.2) is 11.5 Å². The highest BCUT2D eigenvalue weighted by molar-refractivity contribution is 5.85. The van der Waals surface area contributed by atoms with Crippen molar-refractivity contribution in [2.45, 2.75) is 37.0 Å². The lowest BCUT2D eigenvalue weighted by atomic mass is 9.69. The van der Waals surface area contributed by atoms with Gasteiger partial charge in [0.2, 0.25) is 0 Å². The lowest BCUT2D eigenvalue weighted by Crippen LogP contribution is -2.42. The van der Waals surface area contributed by atoms with E-state index in [0.717, 1.165) is 31.0 Å². The molecule has 0 fully saturated rings. The highest BCUT2D eigenvalue weighted by atomic mass is 35.5. The Bertz CT molecular complexity index is 618. The summed E-state index contributed by atoms with van der Waals surface area (Å²) in [6.07, 6.45) is 5.38. The van der Waals surface area contributed by atoms with Crippen LogP contribution in [0.3, 0.4) is 0 Å². The summed E-state index contributed by atoms with van der Waals surface area (Å²) >= 11 is 0. The Balaban J connectivity index is 0.00000144. The average molecular weight is 324 g/mol. The van der Waals surface area contributed by atoms with Gasteiger partial charge in [-0.2, -0.15) is 0 Å². The minimum absolute atomic E-state index is 0. The standard InChI is InChI=1S/C17H21NO3.ClH/c1-18-8-7-17-6-5-12(19)9-14(17)21-16-13(20-2)4-3-11(10-18)15(16)17;/h3-6,12,14,19H,7-10H2,1-2H3;1H. The van der Waals surface area contributed by atoms with Gasteiger partial charge < -0.3 is 19.5 Å². The van der Waals surface area contributed by atoms with Crippen LogP contribution in [0.25, 0.3) is 0 Å². The number of rotatable bonds is 1. The average Bonchev–Trinajstić information content (AvgIpc) is 2.72. The molecule has 1 aromatic carbocycles. The number of nitrogens with zero attached hydrogens (tertiary/aromatic N) is 1. The van der Waals surface area contributed by atoms with Crippen LogP contribution in [0.2, 0.25) is 0 Å². The molecule has 0 aromatic heterocycles. The van der Waals surface area contributed by atoms with Gasteiger partial charge in [0.1, 0.15) is 6.10 Å². The second-order valence-electron chi connectivity index (χ2n) is 6.43. The summed E-state index contributed by atoms with van der Waals surface area (Å²) in [4.78, 5) is 2.35. The van der Waals surface area contributed by atoms with Crippen molar-refractivity contribution in [3.05, 3.63) is 35.4 Å². The third-order valence-corrected chi connectivity index (χ3v) is 5.15. The number of methoxy groups -OCH3 is 1. The molecular weight excluding hydrogens is 302 g/mol. The molecule has 2 heterocycles. The highest BCUT2D eigenvalue weighted by Gasteiger charge is 2.52. The van der Waals surface area contributed by atoms with E-state index >= 15 is 0 Å². The number of halogens is 1. The van der Waals surface area contributed by atoms with E-state index in [1.54, 1.807) is 7.11 Å². The topological polar surface area (TPSA) is 41.9 Å². The first-order valence-electron chi connectivity index (χ1n) is 7.57. The summed E-state index contributed by atoms with van der Waals surface area (Å²) in [5.41, 5.74) is 2.48. The van der Waals surface area contributed by atoms with E-state index in [2.05, 4.69) is 24.1 Å². The molecule has 120 valence electrons. The van der Waals surface area contributed by atoms with Crippen molar-refractivity contribution in [2.75, 3.05) is 20.7 Å². The van der Waals surface area contributed by atoms with E-state index < -0.39 is 6.10 Å². The maximum Gasteiger partial charge on any atom is 0.166 e. The monoisotopic (exact) mass is 323 g/mol. The molecule has 3 unspecified atom stereocenters. The Morgan fingerprint density at radius 3 is 3.00 bits per heavy atom. The quantitative estimate of drug-likeness (QED) is 0.805. The second kappa shape index (κ2) is 5.44. The first-order chi connectivity index (χ1) is 10.1. The van der Waals surface area contributed by atoms with E-state index in [-0.39, 0.29) is 23.9 Å². The molecule has 5 heteroatoms. The van der Waals surface area contributed by atoms with Crippen LogP contribution in [-0.4, -0.2) is 42.9 Å². The van der Waals surface area contributed by atoms with Crippen molar-refractivity contribution in [1.82, 2.24) is 4.90 Å². The first-order valence-corrected chi connectivity index (χ1v) is 7.57. The third-order valence-electron chi connectivity index (χ3n) is 5.15. The summed E-state index contributed by atoms with van der Waals surface area (Å²) in [6.45, 7) is 1.96. The van der Waals surface area contributed by atoms with Crippen LogP contribution in [0.15, 0.2) is 24.3 Å². The minimum Gasteiger partial charge on any atom is -0.493 e. The summed E-state index contributed by atoms with van der Waals surface area (Å²) in [5, 5.41) is 9.97. The van der Waals surface area contributed by atoms with Crippen molar-refractivity contribution < 1.29 is 14.6 Å². The number of hydrogen-bond donors (Lipinski definition) is 1. The van der Waals surface area contributed by atoms with Gasteiger partial charge in [-0.15, -0.1) is 12.4 Å².